The molecule has 0 bridgehead atoms. The first-order valence-corrected chi connectivity index (χ1v) is 34.0. The normalized spacial score (nSPS) is 14.1. The molecule has 2 aliphatic heterocycles. The van der Waals surface area contributed by atoms with Gasteiger partial charge < -0.3 is 29.5 Å². The van der Waals surface area contributed by atoms with E-state index >= 15 is 0 Å². The minimum Gasteiger partial charge on any atom is -0.506 e. The third-order valence-corrected chi connectivity index (χ3v) is 27.0. The molecule has 4 aromatic rings. The topological polar surface area (TPSA) is 168 Å². The van der Waals surface area contributed by atoms with Gasteiger partial charge >= 0.3 is 183 Å². The van der Waals surface area contributed by atoms with Gasteiger partial charge in [0, 0.05) is 39.3 Å². The number of aliphatic hydroxyl groups excluding tert-OH is 2. The van der Waals surface area contributed by atoms with Gasteiger partial charge in [-0.1, -0.05) is 0 Å². The fourth-order valence-electron chi connectivity index (χ4n) is 6.67. The second-order valence-corrected chi connectivity index (χ2v) is 31.5. The second kappa shape index (κ2) is 40.6. The number of hydrogen-bond acceptors (Lipinski definition) is 13. The Kier molecular flexibility index (Phi) is 36.9. The van der Waals surface area contributed by atoms with Crippen LogP contribution in [0.4, 0.5) is 0 Å². The molecule has 0 saturated carbocycles. The number of rotatable bonds is 24. The van der Waals surface area contributed by atoms with E-state index in [9.17, 15) is 0 Å². The van der Waals surface area contributed by atoms with E-state index in [1.165, 1.54) is 81.0 Å². The molecule has 0 aromatic carbocycles. The molecule has 67 heavy (non-hydrogen) atoms. The predicted octanol–water partition coefficient (Wildman–Crippen LogP) is 12.0. The van der Waals surface area contributed by atoms with Crippen LogP contribution in [-0.2, 0) is 14.2 Å². The summed E-state index contributed by atoms with van der Waals surface area (Å²) in [7, 11) is 0. The van der Waals surface area contributed by atoms with E-state index in [1.54, 1.807) is 24.5 Å². The van der Waals surface area contributed by atoms with Crippen molar-refractivity contribution in [3.8, 4) is 23.0 Å². The van der Waals surface area contributed by atoms with Crippen molar-refractivity contribution in [1.29, 1.82) is 0 Å². The summed E-state index contributed by atoms with van der Waals surface area (Å²) in [6.45, 7) is 12.5. The third-order valence-electron chi connectivity index (χ3n) is 10.4. The Morgan fingerprint density at radius 1 is 0.552 bits per heavy atom. The van der Waals surface area contributed by atoms with Crippen LogP contribution in [0.2, 0.25) is 13.3 Å². The molecule has 0 radical (unpaired) electrons. The molecule has 0 spiro atoms. The Bertz CT molecular complexity index is 1630. The SMILES string of the molecule is C1CCOC1.CCC[CH2][Sn]([CH2]CCC)([CH2]CCC)[c]1ccc(OCCCOC2CCCCO2)cn1.OCCCOc1ccc(Br)nc1.OCCCOc1ccc(Br)nc1.Oc1ccc(Br)nc1. The summed E-state index contributed by atoms with van der Waals surface area (Å²) in [5.74, 6) is 2.54. The van der Waals surface area contributed by atoms with Crippen LogP contribution >= 0.6 is 47.8 Å². The van der Waals surface area contributed by atoms with Gasteiger partial charge in [0.2, 0.25) is 0 Å². The summed E-state index contributed by atoms with van der Waals surface area (Å²) in [6.07, 6.45) is 22.8. The molecule has 2 fully saturated rings. The predicted molar refractivity (Wildman–Crippen MR) is 280 cm³/mol. The molecular formula is C50H77Br3N4O9Sn. The van der Waals surface area contributed by atoms with Crippen LogP contribution in [0.3, 0.4) is 0 Å². The number of aliphatic hydroxyl groups is 2. The van der Waals surface area contributed by atoms with Crippen molar-refractivity contribution in [3.63, 3.8) is 0 Å². The molecule has 1 atom stereocenters. The minimum absolute atomic E-state index is 0.00492. The van der Waals surface area contributed by atoms with Crippen LogP contribution in [0.1, 0.15) is 111 Å². The minimum atomic E-state index is -2.42. The average Bonchev–Trinajstić information content (AvgIpc) is 3.96. The zero-order valence-electron chi connectivity index (χ0n) is 40.1. The quantitative estimate of drug-likeness (QED) is 0.0345. The van der Waals surface area contributed by atoms with Crippen molar-refractivity contribution in [1.82, 2.24) is 19.9 Å². The van der Waals surface area contributed by atoms with Gasteiger partial charge in [-0.2, -0.15) is 0 Å². The molecule has 0 amide bonds. The van der Waals surface area contributed by atoms with Crippen LogP contribution in [0, 0.1) is 0 Å². The van der Waals surface area contributed by atoms with Gasteiger partial charge in [-0.15, -0.1) is 0 Å². The number of pyridine rings is 4. The summed E-state index contributed by atoms with van der Waals surface area (Å²) in [6, 6.07) is 15.0. The Morgan fingerprint density at radius 2 is 1.01 bits per heavy atom. The van der Waals surface area contributed by atoms with Gasteiger partial charge in [-0.3, -0.25) is 0 Å². The van der Waals surface area contributed by atoms with Gasteiger partial charge in [0.15, 0.2) is 0 Å². The van der Waals surface area contributed by atoms with E-state index in [4.69, 9.17) is 48.7 Å². The zero-order valence-corrected chi connectivity index (χ0v) is 47.7. The summed E-state index contributed by atoms with van der Waals surface area (Å²) in [5, 5.41) is 25.6. The first kappa shape index (κ1) is 61.0. The average molecular weight is 1240 g/mol. The van der Waals surface area contributed by atoms with Gasteiger partial charge in [0.25, 0.3) is 0 Å². The van der Waals surface area contributed by atoms with Crippen LogP contribution in [0.25, 0.3) is 0 Å². The third kappa shape index (κ3) is 30.2. The Hall–Kier alpha value is -2.16. The van der Waals surface area contributed by atoms with E-state index < -0.39 is 18.4 Å². The van der Waals surface area contributed by atoms with Crippen molar-refractivity contribution in [2.75, 3.05) is 59.5 Å². The van der Waals surface area contributed by atoms with Crippen molar-refractivity contribution in [2.24, 2.45) is 0 Å². The largest absolute Gasteiger partial charge is 0.506 e. The maximum Gasteiger partial charge on any atom is 0.137 e. The summed E-state index contributed by atoms with van der Waals surface area (Å²) >= 11 is 7.15. The number of aromatic hydroxyl groups is 1. The Balaban J connectivity index is 0.000000338. The van der Waals surface area contributed by atoms with Crippen LogP contribution in [0.5, 0.6) is 23.0 Å². The van der Waals surface area contributed by atoms with Crippen molar-refractivity contribution >= 4 is 69.9 Å². The van der Waals surface area contributed by atoms with Crippen LogP contribution in [-0.4, -0.2) is 119 Å². The van der Waals surface area contributed by atoms with Gasteiger partial charge in [0.05, 0.1) is 31.8 Å². The first-order chi connectivity index (χ1) is 32.7. The monoisotopic (exact) mass is 1230 g/mol. The van der Waals surface area contributed by atoms with Gasteiger partial charge in [0.1, 0.15) is 31.1 Å². The molecule has 6 heterocycles. The van der Waals surface area contributed by atoms with E-state index in [-0.39, 0.29) is 25.3 Å². The van der Waals surface area contributed by atoms with Crippen molar-refractivity contribution in [2.45, 2.75) is 130 Å². The number of aromatic nitrogens is 4. The molecule has 2 aliphatic rings. The maximum atomic E-state index is 8.67. The number of nitrogens with zero attached hydrogens (tertiary/aromatic N) is 4. The number of hydrogen-bond donors (Lipinski definition) is 3. The smallest absolute Gasteiger partial charge is 0.137 e. The number of ether oxygens (including phenoxy) is 6. The number of unbranched alkanes of at least 4 members (excludes halogenated alkanes) is 3. The Labute approximate surface area is 430 Å². The zero-order chi connectivity index (χ0) is 48.6. The fourth-order valence-corrected chi connectivity index (χ4v) is 22.7. The molecule has 17 heteroatoms. The Morgan fingerprint density at radius 3 is 1.37 bits per heavy atom. The molecule has 4 aromatic heterocycles. The van der Waals surface area contributed by atoms with E-state index in [1.807, 2.05) is 30.5 Å². The van der Waals surface area contributed by atoms with Gasteiger partial charge in [-0.25, -0.2) is 15.0 Å². The summed E-state index contributed by atoms with van der Waals surface area (Å²) < 4.78 is 41.0. The molecule has 3 N–H and O–H groups in total. The number of halogens is 3. The summed E-state index contributed by atoms with van der Waals surface area (Å²) in [5.41, 5.74) is 0. The fraction of sp³-hybridized carbons (Fsp3) is 0.600. The molecular weight excluding hydrogens is 1160 g/mol. The standard InChI is InChI=1S/C13H18NO3.2C8H10BrNO2.C5H4BrNO.C4H8O.3C4H9.Sn/c1-2-8-16-13(6-1)17-10-4-9-15-12-5-3-7-14-11-12;2*9-8-3-2-7(6-10-8)12-5-1-4-11;6-5-2-1-4(8)3-7-5;1-2-4-5-3-1;3*1-3-4-2;/h3,5,11,13H,1-2,4,6,8-10H2;2*2-3,6,11H,1,4-5H2;1-3,8H;1-4H2;3*1,3-4H2,2H3;. The molecule has 376 valence electrons. The van der Waals surface area contributed by atoms with Gasteiger partial charge in [-0.05, 0) is 103 Å². The first-order valence-electron chi connectivity index (χ1n) is 24.1. The summed E-state index contributed by atoms with van der Waals surface area (Å²) in [4.78, 5) is 16.7. The molecule has 6 rings (SSSR count). The molecule has 0 aliphatic carbocycles. The van der Waals surface area contributed by atoms with E-state index in [2.05, 4.69) is 95.6 Å². The maximum absolute atomic E-state index is 8.67. The second-order valence-electron chi connectivity index (χ2n) is 16.0. The van der Waals surface area contributed by atoms with Crippen molar-refractivity contribution in [3.05, 3.63) is 87.1 Å². The van der Waals surface area contributed by atoms with Crippen LogP contribution < -0.4 is 17.9 Å². The van der Waals surface area contributed by atoms with E-state index in [0.29, 0.717) is 39.3 Å². The molecule has 2 saturated heterocycles. The molecule has 1 unspecified atom stereocenters. The van der Waals surface area contributed by atoms with Crippen LogP contribution in [0.15, 0.2) is 87.1 Å². The molecule has 13 nitrogen and oxygen atoms in total. The van der Waals surface area contributed by atoms with E-state index in [0.717, 1.165) is 70.1 Å². The van der Waals surface area contributed by atoms with Crippen molar-refractivity contribution < 1.29 is 43.7 Å².